The molecule has 9 nitrogen and oxygen atoms in total. The van der Waals surface area contributed by atoms with Gasteiger partial charge < -0.3 is 15.1 Å². The lowest BCUT2D eigenvalue weighted by molar-refractivity contribution is 0.460. The molecular weight excluding hydrogens is 416 g/mol. The Kier molecular flexibility index (Phi) is 5.76. The highest BCUT2D eigenvalue weighted by Crippen LogP contribution is 2.27. The summed E-state index contributed by atoms with van der Waals surface area (Å²) in [5, 5.41) is 7.85. The van der Waals surface area contributed by atoms with Crippen molar-refractivity contribution < 1.29 is 14.3 Å². The number of aryl methyl sites for hydroxylation is 1. The topological polar surface area (TPSA) is 128 Å². The van der Waals surface area contributed by atoms with Crippen molar-refractivity contribution in [3.63, 3.8) is 0 Å². The van der Waals surface area contributed by atoms with Gasteiger partial charge in [0.05, 0.1) is 27.7 Å². The number of hydrogen-bond acceptors (Lipinski definition) is 9. The lowest BCUT2D eigenvalue weighted by Gasteiger charge is -2.28. The van der Waals surface area contributed by atoms with Crippen LogP contribution in [0.4, 0.5) is 6.01 Å². The van der Waals surface area contributed by atoms with E-state index in [-0.39, 0.29) is 12.4 Å². The Morgan fingerprint density at radius 2 is 1.97 bits per heavy atom. The minimum absolute atomic E-state index is 0. The summed E-state index contributed by atoms with van der Waals surface area (Å²) in [6.45, 7) is 6.66. The van der Waals surface area contributed by atoms with Crippen molar-refractivity contribution in [1.29, 1.82) is 0 Å². The smallest absolute Gasteiger partial charge is 0.318 e. The molecule has 0 saturated carbocycles. The summed E-state index contributed by atoms with van der Waals surface area (Å²) in [4.78, 5) is 11.4. The van der Waals surface area contributed by atoms with E-state index < -0.39 is 15.1 Å². The molecule has 0 spiro atoms. The Morgan fingerprint density at radius 3 is 2.65 bits per heavy atom. The monoisotopic (exact) mass is 444 g/mol. The second-order valence-electron chi connectivity index (χ2n) is 8.05. The predicted octanol–water partition coefficient (Wildman–Crippen LogP) is 2.86. The normalized spacial score (nSPS) is 17.3. The predicted molar refractivity (Wildman–Crippen MR) is 119 cm³/mol. The fourth-order valence-electron chi connectivity index (χ4n) is 3.50. The van der Waals surface area contributed by atoms with Gasteiger partial charge >= 0.3 is 6.01 Å². The Hall–Kier alpha value is -2.85. The quantitative estimate of drug-likeness (QED) is 0.631. The maximum absolute atomic E-state index is 12.3. The van der Waals surface area contributed by atoms with Crippen LogP contribution in [-0.2, 0) is 9.84 Å². The van der Waals surface area contributed by atoms with E-state index in [4.69, 9.17) is 10.2 Å². The highest BCUT2D eigenvalue weighted by Gasteiger charge is 2.23. The van der Waals surface area contributed by atoms with Crippen LogP contribution in [0, 0.1) is 6.92 Å². The maximum Gasteiger partial charge on any atom is 0.318 e. The zero-order chi connectivity index (χ0) is 22.2. The van der Waals surface area contributed by atoms with Gasteiger partial charge in [0, 0.05) is 26.1 Å². The molecule has 0 aliphatic carbocycles. The molecule has 1 aromatic carbocycles. The summed E-state index contributed by atoms with van der Waals surface area (Å²) in [5.41, 5.74) is 8.55. The summed E-state index contributed by atoms with van der Waals surface area (Å²) in [7, 11) is -3.33. The minimum Gasteiger partial charge on any atom is -0.401 e. The van der Waals surface area contributed by atoms with Gasteiger partial charge in [-0.05, 0) is 45.7 Å². The Balaban J connectivity index is 0.00000289. The SMILES string of the molecule is Cc1ncc(-c2ccc(S(=O)(=O)C(C)C)cc2)nc1-c1nnc(N2CCCC(N)C2)o1.[HH]. The van der Waals surface area contributed by atoms with Crippen LogP contribution in [0.1, 0.15) is 33.8 Å². The largest absolute Gasteiger partial charge is 0.401 e. The zero-order valence-corrected chi connectivity index (χ0v) is 18.6. The van der Waals surface area contributed by atoms with Crippen molar-refractivity contribution in [1.82, 2.24) is 20.2 Å². The molecule has 2 N–H and O–H groups in total. The number of piperidine rings is 1. The van der Waals surface area contributed by atoms with Gasteiger partial charge in [-0.1, -0.05) is 17.2 Å². The third-order valence-corrected chi connectivity index (χ3v) is 7.57. The molecule has 0 bridgehead atoms. The van der Waals surface area contributed by atoms with Crippen LogP contribution in [0.15, 0.2) is 39.8 Å². The summed E-state index contributed by atoms with van der Waals surface area (Å²) < 4.78 is 30.6. The molecule has 4 rings (SSSR count). The number of aromatic nitrogens is 4. The standard InChI is InChI=1S/C21H26N6O3S.H2/c1-13(2)31(28,29)17-8-6-15(7-9-17)18-11-23-14(3)19(24-18)20-25-26-21(30-20)27-10-4-5-16(22)12-27;/h6-9,11,13,16H,4-5,10,12,22H2,1-3H3;1H. The highest BCUT2D eigenvalue weighted by molar-refractivity contribution is 7.92. The van der Waals surface area contributed by atoms with Crippen molar-refractivity contribution in [3.8, 4) is 22.8 Å². The van der Waals surface area contributed by atoms with E-state index in [1.54, 1.807) is 44.3 Å². The van der Waals surface area contributed by atoms with E-state index in [1.807, 2.05) is 11.8 Å². The first kappa shape index (κ1) is 21.4. The zero-order valence-electron chi connectivity index (χ0n) is 17.8. The van der Waals surface area contributed by atoms with Crippen molar-refractivity contribution in [2.24, 2.45) is 5.73 Å². The van der Waals surface area contributed by atoms with Crippen molar-refractivity contribution >= 4 is 15.9 Å². The molecule has 31 heavy (non-hydrogen) atoms. The number of benzene rings is 1. The second-order valence-corrected chi connectivity index (χ2v) is 10.5. The fraction of sp³-hybridized carbons (Fsp3) is 0.429. The van der Waals surface area contributed by atoms with Crippen LogP contribution < -0.4 is 10.6 Å². The summed E-state index contributed by atoms with van der Waals surface area (Å²) >= 11 is 0. The minimum atomic E-state index is -3.33. The average molecular weight is 445 g/mol. The average Bonchev–Trinajstić information content (AvgIpc) is 3.24. The summed E-state index contributed by atoms with van der Waals surface area (Å²) in [6.07, 6.45) is 3.61. The molecule has 0 radical (unpaired) electrons. The number of nitrogens with two attached hydrogens (primary N) is 1. The van der Waals surface area contributed by atoms with Gasteiger partial charge in [-0.2, -0.15) is 0 Å². The van der Waals surface area contributed by atoms with Crippen LogP contribution in [0.25, 0.3) is 22.8 Å². The molecule has 0 amide bonds. The van der Waals surface area contributed by atoms with Crippen molar-refractivity contribution in [2.75, 3.05) is 18.0 Å². The first-order valence-electron chi connectivity index (χ1n) is 10.3. The molecule has 1 aliphatic heterocycles. The Morgan fingerprint density at radius 1 is 1.23 bits per heavy atom. The van der Waals surface area contributed by atoms with Crippen LogP contribution in [-0.4, -0.2) is 53.0 Å². The fourth-order valence-corrected chi connectivity index (χ4v) is 4.56. The summed E-state index contributed by atoms with van der Waals surface area (Å²) in [6, 6.07) is 7.17. The second kappa shape index (κ2) is 8.35. The number of hydrogen-bond donors (Lipinski definition) is 1. The molecular formula is C21H28N6O3S. The molecule has 1 aliphatic rings. The van der Waals surface area contributed by atoms with Crippen LogP contribution in [0.2, 0.25) is 0 Å². The number of sulfone groups is 1. The molecule has 2 aromatic heterocycles. The van der Waals surface area contributed by atoms with Gasteiger partial charge in [-0.3, -0.25) is 4.98 Å². The van der Waals surface area contributed by atoms with E-state index in [0.717, 1.165) is 24.9 Å². The molecule has 1 saturated heterocycles. The molecule has 1 atom stereocenters. The molecule has 3 aromatic rings. The van der Waals surface area contributed by atoms with E-state index >= 15 is 0 Å². The van der Waals surface area contributed by atoms with Gasteiger partial charge in [0.2, 0.25) is 0 Å². The van der Waals surface area contributed by atoms with Gasteiger partial charge in [0.25, 0.3) is 5.89 Å². The molecule has 1 fully saturated rings. The van der Waals surface area contributed by atoms with Gasteiger partial charge in [0.15, 0.2) is 9.84 Å². The molecule has 166 valence electrons. The van der Waals surface area contributed by atoms with Crippen molar-refractivity contribution in [3.05, 3.63) is 36.2 Å². The van der Waals surface area contributed by atoms with Crippen LogP contribution in [0.3, 0.4) is 0 Å². The van der Waals surface area contributed by atoms with E-state index in [2.05, 4.69) is 20.2 Å². The van der Waals surface area contributed by atoms with E-state index in [1.165, 1.54) is 0 Å². The molecule has 10 heteroatoms. The first-order chi connectivity index (χ1) is 14.8. The third-order valence-electron chi connectivity index (χ3n) is 5.40. The number of nitrogens with zero attached hydrogens (tertiary/aromatic N) is 5. The maximum atomic E-state index is 12.3. The molecule has 3 heterocycles. The van der Waals surface area contributed by atoms with E-state index in [0.29, 0.717) is 35.5 Å². The lowest BCUT2D eigenvalue weighted by Crippen LogP contribution is -2.43. The van der Waals surface area contributed by atoms with Gasteiger partial charge in [0.1, 0.15) is 5.69 Å². The number of rotatable bonds is 5. The summed E-state index contributed by atoms with van der Waals surface area (Å²) in [5.74, 6) is 0.292. The van der Waals surface area contributed by atoms with E-state index in [9.17, 15) is 8.42 Å². The number of anilines is 1. The Labute approximate surface area is 183 Å². The van der Waals surface area contributed by atoms with Crippen LogP contribution >= 0.6 is 0 Å². The van der Waals surface area contributed by atoms with Gasteiger partial charge in [-0.25, -0.2) is 13.4 Å². The first-order valence-corrected chi connectivity index (χ1v) is 11.8. The lowest BCUT2D eigenvalue weighted by atomic mass is 10.1. The molecule has 1 unspecified atom stereocenters. The Bertz CT molecular complexity index is 1180. The van der Waals surface area contributed by atoms with Crippen molar-refractivity contribution in [2.45, 2.75) is 49.8 Å². The third kappa shape index (κ3) is 4.31. The highest BCUT2D eigenvalue weighted by atomic mass is 32.2. The van der Waals surface area contributed by atoms with Gasteiger partial charge in [-0.15, -0.1) is 5.10 Å². The van der Waals surface area contributed by atoms with Crippen LogP contribution in [0.5, 0.6) is 0 Å².